The van der Waals surface area contributed by atoms with Crippen LogP contribution in [0.1, 0.15) is 18.1 Å². The molecule has 0 bridgehead atoms. The first-order chi connectivity index (χ1) is 10.0. The van der Waals surface area contributed by atoms with E-state index in [0.717, 1.165) is 11.1 Å². The van der Waals surface area contributed by atoms with E-state index in [-0.39, 0.29) is 0 Å². The Morgan fingerprint density at radius 1 is 1.05 bits per heavy atom. The number of hydrogen-bond donors (Lipinski definition) is 1. The number of nitrogens with zero attached hydrogens (tertiary/aromatic N) is 1. The SMILES string of the molecule is COc1ccc(CC(C)(O)Cc2cccnc2)cc1OC. The molecule has 0 aliphatic carbocycles. The van der Waals surface area contributed by atoms with Crippen molar-refractivity contribution < 1.29 is 14.6 Å². The van der Waals surface area contributed by atoms with Gasteiger partial charge in [-0.2, -0.15) is 0 Å². The first-order valence-electron chi connectivity index (χ1n) is 6.86. The van der Waals surface area contributed by atoms with Crippen molar-refractivity contribution in [1.82, 2.24) is 4.98 Å². The summed E-state index contributed by atoms with van der Waals surface area (Å²) in [4.78, 5) is 4.08. The second kappa shape index (κ2) is 6.59. The molecule has 112 valence electrons. The van der Waals surface area contributed by atoms with Crippen LogP contribution >= 0.6 is 0 Å². The van der Waals surface area contributed by atoms with Crippen molar-refractivity contribution in [2.45, 2.75) is 25.4 Å². The van der Waals surface area contributed by atoms with Crippen LogP contribution in [0.25, 0.3) is 0 Å². The molecule has 4 heteroatoms. The quantitative estimate of drug-likeness (QED) is 0.887. The second-order valence-corrected chi connectivity index (χ2v) is 5.40. The van der Waals surface area contributed by atoms with Gasteiger partial charge in [0.2, 0.25) is 0 Å². The van der Waals surface area contributed by atoms with Crippen LogP contribution in [0.2, 0.25) is 0 Å². The molecule has 1 aromatic carbocycles. The van der Waals surface area contributed by atoms with Gasteiger partial charge in [0.25, 0.3) is 0 Å². The molecule has 0 aliphatic rings. The highest BCUT2D eigenvalue weighted by atomic mass is 16.5. The Morgan fingerprint density at radius 3 is 2.38 bits per heavy atom. The number of methoxy groups -OCH3 is 2. The number of aliphatic hydroxyl groups is 1. The van der Waals surface area contributed by atoms with Gasteiger partial charge in [-0.25, -0.2) is 0 Å². The smallest absolute Gasteiger partial charge is 0.160 e. The lowest BCUT2D eigenvalue weighted by Gasteiger charge is -2.24. The zero-order chi connectivity index (χ0) is 15.3. The topological polar surface area (TPSA) is 51.6 Å². The summed E-state index contributed by atoms with van der Waals surface area (Å²) in [5, 5.41) is 10.6. The van der Waals surface area contributed by atoms with E-state index in [2.05, 4.69) is 4.98 Å². The molecule has 0 radical (unpaired) electrons. The molecule has 1 aromatic heterocycles. The Hall–Kier alpha value is -2.07. The summed E-state index contributed by atoms with van der Waals surface area (Å²) in [7, 11) is 3.21. The lowest BCUT2D eigenvalue weighted by Crippen LogP contribution is -2.30. The van der Waals surface area contributed by atoms with Gasteiger partial charge in [-0.05, 0) is 36.2 Å². The van der Waals surface area contributed by atoms with Crippen LogP contribution in [0.15, 0.2) is 42.7 Å². The van der Waals surface area contributed by atoms with Crippen molar-refractivity contribution in [3.05, 3.63) is 53.9 Å². The van der Waals surface area contributed by atoms with Crippen molar-refractivity contribution in [3.63, 3.8) is 0 Å². The molecule has 0 amide bonds. The van der Waals surface area contributed by atoms with Gasteiger partial charge in [-0.3, -0.25) is 4.98 Å². The Morgan fingerprint density at radius 2 is 1.76 bits per heavy atom. The Bertz CT molecular complexity index is 582. The lowest BCUT2D eigenvalue weighted by atomic mass is 9.90. The van der Waals surface area contributed by atoms with Crippen LogP contribution in [-0.2, 0) is 12.8 Å². The molecule has 21 heavy (non-hydrogen) atoms. The molecule has 0 saturated carbocycles. The number of aromatic nitrogens is 1. The standard InChI is InChI=1S/C17H21NO3/c1-17(19,11-14-5-4-8-18-12-14)10-13-6-7-15(20-2)16(9-13)21-3/h4-9,12,19H,10-11H2,1-3H3. The maximum Gasteiger partial charge on any atom is 0.160 e. The Kier molecular flexibility index (Phi) is 4.81. The van der Waals surface area contributed by atoms with Crippen molar-refractivity contribution in [2.24, 2.45) is 0 Å². The van der Waals surface area contributed by atoms with Crippen molar-refractivity contribution in [1.29, 1.82) is 0 Å². The molecule has 2 rings (SSSR count). The fourth-order valence-electron chi connectivity index (χ4n) is 2.44. The van der Waals surface area contributed by atoms with Crippen LogP contribution in [0.3, 0.4) is 0 Å². The van der Waals surface area contributed by atoms with Gasteiger partial charge in [0.1, 0.15) is 0 Å². The third-order valence-corrected chi connectivity index (χ3v) is 3.34. The maximum absolute atomic E-state index is 10.6. The van der Waals surface area contributed by atoms with E-state index in [0.29, 0.717) is 24.3 Å². The minimum atomic E-state index is -0.845. The highest BCUT2D eigenvalue weighted by molar-refractivity contribution is 5.43. The summed E-state index contributed by atoms with van der Waals surface area (Å²) in [6.07, 6.45) is 4.59. The van der Waals surface area contributed by atoms with Gasteiger partial charge in [-0.1, -0.05) is 12.1 Å². The molecule has 1 N–H and O–H groups in total. The molecule has 0 saturated heterocycles. The van der Waals surface area contributed by atoms with E-state index < -0.39 is 5.60 Å². The minimum absolute atomic E-state index is 0.530. The lowest BCUT2D eigenvalue weighted by molar-refractivity contribution is 0.0607. The van der Waals surface area contributed by atoms with Crippen molar-refractivity contribution in [2.75, 3.05) is 14.2 Å². The normalized spacial score (nSPS) is 13.5. The van der Waals surface area contributed by atoms with Crippen molar-refractivity contribution >= 4 is 0 Å². The summed E-state index contributed by atoms with van der Waals surface area (Å²) < 4.78 is 10.5. The average molecular weight is 287 g/mol. The van der Waals surface area contributed by atoms with Gasteiger partial charge in [-0.15, -0.1) is 0 Å². The van der Waals surface area contributed by atoms with E-state index in [1.807, 2.05) is 37.3 Å². The number of pyridine rings is 1. The number of ether oxygens (including phenoxy) is 2. The predicted octanol–water partition coefficient (Wildman–Crippen LogP) is 2.64. The number of rotatable bonds is 6. The second-order valence-electron chi connectivity index (χ2n) is 5.40. The Labute approximate surface area is 125 Å². The molecule has 0 spiro atoms. The van der Waals surface area contributed by atoms with E-state index in [1.165, 1.54) is 0 Å². The van der Waals surface area contributed by atoms with Crippen LogP contribution in [0.5, 0.6) is 11.5 Å². The highest BCUT2D eigenvalue weighted by Gasteiger charge is 2.22. The van der Waals surface area contributed by atoms with E-state index in [1.54, 1.807) is 26.6 Å². The van der Waals surface area contributed by atoms with Crippen LogP contribution in [0, 0.1) is 0 Å². The first-order valence-corrected chi connectivity index (χ1v) is 6.86. The molecule has 0 fully saturated rings. The zero-order valence-electron chi connectivity index (χ0n) is 12.7. The highest BCUT2D eigenvalue weighted by Crippen LogP contribution is 2.29. The summed E-state index contributed by atoms with van der Waals surface area (Å²) in [5.41, 5.74) is 1.17. The summed E-state index contributed by atoms with van der Waals surface area (Å²) >= 11 is 0. The number of benzene rings is 1. The predicted molar refractivity (Wildman–Crippen MR) is 81.8 cm³/mol. The van der Waals surface area contributed by atoms with Gasteiger partial charge >= 0.3 is 0 Å². The molecule has 2 aromatic rings. The first kappa shape index (κ1) is 15.3. The molecule has 1 heterocycles. The molecule has 1 atom stereocenters. The molecule has 4 nitrogen and oxygen atoms in total. The van der Waals surface area contributed by atoms with Crippen LogP contribution in [-0.4, -0.2) is 29.9 Å². The third kappa shape index (κ3) is 4.20. The number of hydrogen-bond acceptors (Lipinski definition) is 4. The van der Waals surface area contributed by atoms with Gasteiger partial charge in [0, 0.05) is 25.2 Å². The van der Waals surface area contributed by atoms with E-state index in [4.69, 9.17) is 9.47 Å². The Balaban J connectivity index is 2.12. The fraction of sp³-hybridized carbons (Fsp3) is 0.353. The van der Waals surface area contributed by atoms with E-state index >= 15 is 0 Å². The van der Waals surface area contributed by atoms with Gasteiger partial charge in [0.15, 0.2) is 11.5 Å². The largest absolute Gasteiger partial charge is 0.493 e. The van der Waals surface area contributed by atoms with E-state index in [9.17, 15) is 5.11 Å². The third-order valence-electron chi connectivity index (χ3n) is 3.34. The summed E-state index contributed by atoms with van der Waals surface area (Å²) in [6.45, 7) is 1.83. The average Bonchev–Trinajstić information content (AvgIpc) is 2.47. The van der Waals surface area contributed by atoms with Crippen LogP contribution in [0.4, 0.5) is 0 Å². The molecule has 1 unspecified atom stereocenters. The van der Waals surface area contributed by atoms with Gasteiger partial charge in [0.05, 0.1) is 19.8 Å². The fourth-order valence-corrected chi connectivity index (χ4v) is 2.44. The molecular weight excluding hydrogens is 266 g/mol. The summed E-state index contributed by atoms with van der Waals surface area (Å²) in [6, 6.07) is 9.54. The maximum atomic E-state index is 10.6. The van der Waals surface area contributed by atoms with Gasteiger partial charge < -0.3 is 14.6 Å². The minimum Gasteiger partial charge on any atom is -0.493 e. The molecule has 0 aliphatic heterocycles. The van der Waals surface area contributed by atoms with Crippen molar-refractivity contribution in [3.8, 4) is 11.5 Å². The summed E-state index contributed by atoms with van der Waals surface area (Å²) in [5.74, 6) is 1.36. The van der Waals surface area contributed by atoms with Crippen LogP contribution < -0.4 is 9.47 Å². The zero-order valence-corrected chi connectivity index (χ0v) is 12.7. The molecular formula is C17H21NO3. The monoisotopic (exact) mass is 287 g/mol.